The lowest BCUT2D eigenvalue weighted by molar-refractivity contribution is 0.181. The molecule has 0 radical (unpaired) electrons. The summed E-state index contributed by atoms with van der Waals surface area (Å²) in [4.78, 5) is 25.4. The monoisotopic (exact) mass is 257 g/mol. The number of aromatic amines is 1. The molecule has 19 heavy (non-hydrogen) atoms. The summed E-state index contributed by atoms with van der Waals surface area (Å²) in [5.74, 6) is 0. The Morgan fingerprint density at radius 3 is 3.00 bits per heavy atom. The fourth-order valence-electron chi connectivity index (χ4n) is 2.52. The summed E-state index contributed by atoms with van der Waals surface area (Å²) in [5, 5.41) is 2.69. The summed E-state index contributed by atoms with van der Waals surface area (Å²) < 4.78 is 0. The van der Waals surface area contributed by atoms with E-state index in [1.807, 2.05) is 12.1 Å². The van der Waals surface area contributed by atoms with Gasteiger partial charge in [0.25, 0.3) is 0 Å². The number of carbonyl (C=O) groups is 1. The third kappa shape index (κ3) is 1.95. The molecule has 2 aromatic heterocycles. The lowest BCUT2D eigenvalue weighted by Crippen LogP contribution is -2.45. The normalized spacial score (nSPS) is 17.9. The molecule has 3 rings (SSSR count). The molecular weight excluding hydrogens is 242 g/mol. The topological polar surface area (TPSA) is 73.9 Å². The van der Waals surface area contributed by atoms with E-state index >= 15 is 0 Å². The highest BCUT2D eigenvalue weighted by molar-refractivity contribution is 5.75. The Morgan fingerprint density at radius 2 is 2.26 bits per heavy atom. The van der Waals surface area contributed by atoms with Crippen molar-refractivity contribution in [1.82, 2.24) is 25.2 Å². The van der Waals surface area contributed by atoms with E-state index in [0.717, 1.165) is 23.4 Å². The molecule has 6 nitrogen and oxygen atoms in total. The average molecular weight is 257 g/mol. The van der Waals surface area contributed by atoms with E-state index in [0.29, 0.717) is 6.54 Å². The van der Waals surface area contributed by atoms with Gasteiger partial charge >= 0.3 is 6.03 Å². The number of aromatic nitrogens is 3. The molecule has 2 N–H and O–H groups in total. The Hall–Kier alpha value is -2.37. The Labute approximate surface area is 110 Å². The van der Waals surface area contributed by atoms with Crippen molar-refractivity contribution in [2.45, 2.75) is 12.5 Å². The molecule has 0 aliphatic carbocycles. The number of H-pyrrole nitrogens is 1. The smallest absolute Gasteiger partial charge is 0.317 e. The van der Waals surface area contributed by atoms with Gasteiger partial charge < -0.3 is 15.2 Å². The van der Waals surface area contributed by atoms with Crippen LogP contribution in [0.4, 0.5) is 4.79 Å². The maximum absolute atomic E-state index is 12.0. The van der Waals surface area contributed by atoms with Gasteiger partial charge in [0.05, 0.1) is 12.0 Å². The first kappa shape index (κ1) is 11.7. The fraction of sp³-hybridized carbons (Fsp3) is 0.308. The molecule has 3 heterocycles. The van der Waals surface area contributed by atoms with Crippen molar-refractivity contribution in [3.8, 4) is 0 Å². The molecule has 1 atom stereocenters. The van der Waals surface area contributed by atoms with Crippen LogP contribution in [0.15, 0.2) is 30.9 Å². The van der Waals surface area contributed by atoms with Gasteiger partial charge in [0, 0.05) is 38.1 Å². The van der Waals surface area contributed by atoms with Crippen molar-refractivity contribution in [2.24, 2.45) is 0 Å². The summed E-state index contributed by atoms with van der Waals surface area (Å²) in [7, 11) is 1.64. The van der Waals surface area contributed by atoms with Gasteiger partial charge in [-0.2, -0.15) is 0 Å². The van der Waals surface area contributed by atoms with Gasteiger partial charge in [0.15, 0.2) is 0 Å². The van der Waals surface area contributed by atoms with Crippen LogP contribution in [-0.2, 0) is 6.42 Å². The molecule has 0 spiro atoms. The number of pyridine rings is 1. The summed E-state index contributed by atoms with van der Waals surface area (Å²) in [6.45, 7) is 0.669. The molecule has 0 saturated carbocycles. The van der Waals surface area contributed by atoms with Crippen LogP contribution in [0.3, 0.4) is 0 Å². The zero-order valence-corrected chi connectivity index (χ0v) is 10.6. The van der Waals surface area contributed by atoms with Crippen LogP contribution in [0.1, 0.15) is 23.0 Å². The number of hydrogen-bond donors (Lipinski definition) is 2. The lowest BCUT2D eigenvalue weighted by Gasteiger charge is -2.34. The van der Waals surface area contributed by atoms with Crippen molar-refractivity contribution in [3.05, 3.63) is 47.8 Å². The van der Waals surface area contributed by atoms with Crippen molar-refractivity contribution >= 4 is 6.03 Å². The van der Waals surface area contributed by atoms with E-state index < -0.39 is 0 Å². The van der Waals surface area contributed by atoms with E-state index in [-0.39, 0.29) is 12.1 Å². The van der Waals surface area contributed by atoms with Crippen molar-refractivity contribution in [1.29, 1.82) is 0 Å². The largest absolute Gasteiger partial charge is 0.348 e. The van der Waals surface area contributed by atoms with Crippen LogP contribution in [0.5, 0.6) is 0 Å². The van der Waals surface area contributed by atoms with Crippen LogP contribution in [0, 0.1) is 0 Å². The van der Waals surface area contributed by atoms with Gasteiger partial charge in [0.1, 0.15) is 6.04 Å². The van der Waals surface area contributed by atoms with Gasteiger partial charge in [-0.3, -0.25) is 4.98 Å². The van der Waals surface area contributed by atoms with Crippen molar-refractivity contribution in [2.75, 3.05) is 13.6 Å². The van der Waals surface area contributed by atoms with Crippen LogP contribution in [0.2, 0.25) is 0 Å². The molecule has 0 bridgehead atoms. The van der Waals surface area contributed by atoms with E-state index in [2.05, 4.69) is 20.3 Å². The summed E-state index contributed by atoms with van der Waals surface area (Å²) in [6.07, 6.45) is 5.95. The number of rotatable bonds is 1. The summed E-state index contributed by atoms with van der Waals surface area (Å²) in [6, 6.07) is 3.60. The minimum Gasteiger partial charge on any atom is -0.348 e. The zero-order chi connectivity index (χ0) is 13.2. The molecule has 2 aromatic rings. The van der Waals surface area contributed by atoms with E-state index in [1.54, 1.807) is 30.7 Å². The second-order valence-corrected chi connectivity index (χ2v) is 4.45. The Bertz CT molecular complexity index is 580. The molecule has 98 valence electrons. The van der Waals surface area contributed by atoms with E-state index in [1.165, 1.54) is 0 Å². The number of imidazole rings is 1. The summed E-state index contributed by atoms with van der Waals surface area (Å²) in [5.41, 5.74) is 3.04. The fourth-order valence-corrected chi connectivity index (χ4v) is 2.52. The second kappa shape index (κ2) is 4.72. The summed E-state index contributed by atoms with van der Waals surface area (Å²) >= 11 is 0. The number of nitrogens with one attached hydrogen (secondary N) is 2. The zero-order valence-electron chi connectivity index (χ0n) is 10.6. The first-order valence-electron chi connectivity index (χ1n) is 6.21. The van der Waals surface area contributed by atoms with Crippen LogP contribution in [0.25, 0.3) is 0 Å². The highest BCUT2D eigenvalue weighted by Crippen LogP contribution is 2.32. The van der Waals surface area contributed by atoms with E-state index in [4.69, 9.17) is 0 Å². The van der Waals surface area contributed by atoms with Gasteiger partial charge in [-0.15, -0.1) is 0 Å². The first-order valence-corrected chi connectivity index (χ1v) is 6.21. The number of fused-ring (bicyclic) bond motifs is 1. The van der Waals surface area contributed by atoms with E-state index in [9.17, 15) is 4.79 Å². The Kier molecular flexibility index (Phi) is 2.91. The third-order valence-corrected chi connectivity index (χ3v) is 3.42. The number of nitrogens with zero attached hydrogens (tertiary/aromatic N) is 3. The van der Waals surface area contributed by atoms with Gasteiger partial charge in [-0.25, -0.2) is 9.78 Å². The van der Waals surface area contributed by atoms with Crippen LogP contribution < -0.4 is 5.32 Å². The molecule has 0 fully saturated rings. The van der Waals surface area contributed by atoms with Crippen molar-refractivity contribution < 1.29 is 4.79 Å². The number of urea groups is 1. The highest BCUT2D eigenvalue weighted by atomic mass is 16.2. The SMILES string of the molecule is CNC(=O)N1CCc2[nH]cnc2[C@@H]1c1ccncc1. The minimum absolute atomic E-state index is 0.0875. The molecule has 1 aliphatic heterocycles. The van der Waals surface area contributed by atoms with Crippen LogP contribution >= 0.6 is 0 Å². The standard InChI is InChI=1S/C13H15N5O/c1-14-13(19)18-7-4-10-11(17-8-16-10)12(18)9-2-5-15-6-3-9/h2-3,5-6,8,12H,4,7H2,1H3,(H,14,19)(H,16,17)/t12-/m0/s1. The molecule has 2 amide bonds. The quantitative estimate of drug-likeness (QED) is 0.803. The highest BCUT2D eigenvalue weighted by Gasteiger charge is 2.33. The Balaban J connectivity index is 2.07. The van der Waals surface area contributed by atoms with Gasteiger partial charge in [0.2, 0.25) is 0 Å². The molecule has 0 aromatic carbocycles. The molecule has 6 heteroatoms. The molecule has 1 aliphatic rings. The lowest BCUT2D eigenvalue weighted by atomic mass is 9.97. The molecule has 0 saturated heterocycles. The second-order valence-electron chi connectivity index (χ2n) is 4.45. The Morgan fingerprint density at radius 1 is 1.47 bits per heavy atom. The predicted octanol–water partition coefficient (Wildman–Crippen LogP) is 1.09. The van der Waals surface area contributed by atoms with Gasteiger partial charge in [-0.1, -0.05) is 0 Å². The first-order chi connectivity index (χ1) is 9.31. The number of amides is 2. The molecular formula is C13H15N5O. The third-order valence-electron chi connectivity index (χ3n) is 3.42. The predicted molar refractivity (Wildman–Crippen MR) is 69.5 cm³/mol. The van der Waals surface area contributed by atoms with Crippen LogP contribution in [-0.4, -0.2) is 39.5 Å². The minimum atomic E-state index is -0.155. The maximum Gasteiger partial charge on any atom is 0.317 e. The number of hydrogen-bond acceptors (Lipinski definition) is 3. The van der Waals surface area contributed by atoms with Crippen molar-refractivity contribution in [3.63, 3.8) is 0 Å². The van der Waals surface area contributed by atoms with Gasteiger partial charge in [-0.05, 0) is 17.7 Å². The number of carbonyl (C=O) groups excluding carboxylic acids is 1. The molecule has 0 unspecified atom stereocenters. The maximum atomic E-state index is 12.0. The average Bonchev–Trinajstić information content (AvgIpc) is 2.94.